The monoisotopic (exact) mass is 496 g/mol. The normalized spacial score (nSPS) is 9.37. The van der Waals surface area contributed by atoms with Crippen LogP contribution in [-0.4, -0.2) is 0 Å². The summed E-state index contributed by atoms with van der Waals surface area (Å²) in [5, 5.41) is 4.07. The third kappa shape index (κ3) is 6.65. The molecule has 0 bridgehead atoms. The molecule has 0 spiro atoms. The predicted molar refractivity (Wildman–Crippen MR) is 150 cm³/mol. The Morgan fingerprint density at radius 2 is 0.686 bits per heavy atom. The molecule has 3 heterocycles. The molecule has 3 aromatic heterocycles. The van der Waals surface area contributed by atoms with Gasteiger partial charge in [-0.3, -0.25) is 0 Å². The standard InChI is InChI=1S/C32H16S3/c1-3-29(33-23-1)17-13-25-5-9-27(10-6-25)15-19-31-21-22-32(35-31)20-16-28-11-7-26(8-12-28)14-18-30-4-2-24-34-30/h1-12,21-24H. The molecule has 35 heavy (non-hydrogen) atoms. The van der Waals surface area contributed by atoms with Crippen LogP contribution in [0.2, 0.25) is 0 Å². The highest BCUT2D eigenvalue weighted by atomic mass is 32.1. The molecule has 0 N–H and O–H groups in total. The summed E-state index contributed by atoms with van der Waals surface area (Å²) < 4.78 is 0. The molecule has 0 unspecified atom stereocenters. The van der Waals surface area contributed by atoms with Gasteiger partial charge in [-0.1, -0.05) is 59.5 Å². The second kappa shape index (κ2) is 11.3. The van der Waals surface area contributed by atoms with Crippen molar-refractivity contribution in [1.29, 1.82) is 0 Å². The molecule has 0 fully saturated rings. The van der Waals surface area contributed by atoms with Gasteiger partial charge >= 0.3 is 0 Å². The first-order chi connectivity index (χ1) is 17.3. The summed E-state index contributed by atoms with van der Waals surface area (Å²) in [6.45, 7) is 0. The van der Waals surface area contributed by atoms with Crippen LogP contribution in [0, 0.1) is 47.4 Å². The van der Waals surface area contributed by atoms with E-state index in [-0.39, 0.29) is 0 Å². The van der Waals surface area contributed by atoms with E-state index in [0.717, 1.165) is 41.8 Å². The maximum absolute atomic E-state index is 3.24. The van der Waals surface area contributed by atoms with Gasteiger partial charge < -0.3 is 0 Å². The molecule has 5 aromatic rings. The Balaban J connectivity index is 1.21. The van der Waals surface area contributed by atoms with E-state index in [2.05, 4.69) is 47.4 Å². The Kier molecular flexibility index (Phi) is 7.27. The number of rotatable bonds is 0. The molecule has 0 saturated heterocycles. The zero-order valence-electron chi connectivity index (χ0n) is 18.5. The summed E-state index contributed by atoms with van der Waals surface area (Å²) in [6, 6.07) is 28.2. The summed E-state index contributed by atoms with van der Waals surface area (Å²) >= 11 is 4.90. The van der Waals surface area contributed by atoms with Crippen molar-refractivity contribution in [3.63, 3.8) is 0 Å². The van der Waals surface area contributed by atoms with Crippen LogP contribution in [-0.2, 0) is 0 Å². The van der Waals surface area contributed by atoms with Crippen molar-refractivity contribution >= 4 is 34.0 Å². The molecule has 0 saturated carbocycles. The molecule has 0 aliphatic heterocycles. The van der Waals surface area contributed by atoms with Crippen LogP contribution in [0.1, 0.15) is 41.8 Å². The molecule has 0 aliphatic rings. The van der Waals surface area contributed by atoms with Gasteiger partial charge in [0.15, 0.2) is 0 Å². The maximum atomic E-state index is 3.24. The van der Waals surface area contributed by atoms with Crippen molar-refractivity contribution in [2.45, 2.75) is 0 Å². The van der Waals surface area contributed by atoms with E-state index in [1.807, 2.05) is 95.7 Å². The molecule has 0 aliphatic carbocycles. The van der Waals surface area contributed by atoms with Crippen LogP contribution in [0.25, 0.3) is 0 Å². The molecular formula is C32H16S3. The highest BCUT2D eigenvalue weighted by molar-refractivity contribution is 7.13. The van der Waals surface area contributed by atoms with Gasteiger partial charge in [0.1, 0.15) is 0 Å². The molecule has 0 nitrogen and oxygen atoms in total. The molecule has 5 rings (SSSR count). The van der Waals surface area contributed by atoms with Crippen LogP contribution in [0.3, 0.4) is 0 Å². The van der Waals surface area contributed by atoms with Crippen LogP contribution >= 0.6 is 34.0 Å². The van der Waals surface area contributed by atoms with Gasteiger partial charge in [0.25, 0.3) is 0 Å². The summed E-state index contributed by atoms with van der Waals surface area (Å²) in [5.74, 6) is 25.7. The van der Waals surface area contributed by atoms with E-state index in [0.29, 0.717) is 0 Å². The van der Waals surface area contributed by atoms with E-state index in [1.165, 1.54) is 0 Å². The van der Waals surface area contributed by atoms with Crippen molar-refractivity contribution in [2.75, 3.05) is 0 Å². The fourth-order valence-electron chi connectivity index (χ4n) is 2.98. The van der Waals surface area contributed by atoms with Gasteiger partial charge in [-0.05, 0) is 83.6 Å². The van der Waals surface area contributed by atoms with E-state index < -0.39 is 0 Å². The third-order valence-electron chi connectivity index (χ3n) is 4.74. The van der Waals surface area contributed by atoms with Gasteiger partial charge in [0.05, 0.1) is 19.5 Å². The summed E-state index contributed by atoms with van der Waals surface area (Å²) in [6.07, 6.45) is 0. The second-order valence-electron chi connectivity index (χ2n) is 7.27. The minimum atomic E-state index is 0.968. The van der Waals surface area contributed by atoms with Crippen molar-refractivity contribution in [3.8, 4) is 47.4 Å². The number of hydrogen-bond donors (Lipinski definition) is 0. The van der Waals surface area contributed by atoms with Crippen molar-refractivity contribution in [1.82, 2.24) is 0 Å². The first-order valence-corrected chi connectivity index (χ1v) is 13.3. The summed E-state index contributed by atoms with van der Waals surface area (Å²) in [4.78, 5) is 4.13. The highest BCUT2D eigenvalue weighted by Crippen LogP contribution is 2.15. The first-order valence-electron chi connectivity index (χ1n) is 10.8. The maximum Gasteiger partial charge on any atom is 0.0785 e. The van der Waals surface area contributed by atoms with Crippen LogP contribution in [0.5, 0.6) is 0 Å². The Bertz CT molecular complexity index is 1540. The zero-order chi connectivity index (χ0) is 23.7. The molecule has 2 aromatic carbocycles. The molecule has 0 atom stereocenters. The first kappa shape index (κ1) is 22.6. The average Bonchev–Trinajstić information content (AvgIpc) is 3.68. The van der Waals surface area contributed by atoms with E-state index in [4.69, 9.17) is 0 Å². The number of hydrogen-bond acceptors (Lipinski definition) is 3. The van der Waals surface area contributed by atoms with Gasteiger partial charge in [-0.2, -0.15) is 0 Å². The van der Waals surface area contributed by atoms with E-state index in [1.54, 1.807) is 34.0 Å². The van der Waals surface area contributed by atoms with Crippen LogP contribution in [0.15, 0.2) is 95.7 Å². The lowest BCUT2D eigenvalue weighted by Gasteiger charge is -1.91. The third-order valence-corrected chi connectivity index (χ3v) is 7.23. The minimum absolute atomic E-state index is 0.968. The van der Waals surface area contributed by atoms with Crippen molar-refractivity contribution in [3.05, 3.63) is 137 Å². The Labute approximate surface area is 217 Å². The Morgan fingerprint density at radius 3 is 1.00 bits per heavy atom. The van der Waals surface area contributed by atoms with Gasteiger partial charge in [0, 0.05) is 22.3 Å². The molecule has 162 valence electrons. The molecule has 0 amide bonds. The second-order valence-corrected chi connectivity index (χ2v) is 10.3. The number of thiophene rings is 3. The zero-order valence-corrected chi connectivity index (χ0v) is 20.9. The summed E-state index contributed by atoms with van der Waals surface area (Å²) in [7, 11) is 0. The average molecular weight is 497 g/mol. The molecular weight excluding hydrogens is 481 g/mol. The fourth-order valence-corrected chi connectivity index (χ4v) is 4.84. The number of benzene rings is 2. The van der Waals surface area contributed by atoms with Crippen LogP contribution in [0.4, 0.5) is 0 Å². The molecule has 3 heteroatoms. The highest BCUT2D eigenvalue weighted by Gasteiger charge is 1.96. The van der Waals surface area contributed by atoms with Gasteiger partial charge in [0.2, 0.25) is 0 Å². The van der Waals surface area contributed by atoms with Crippen molar-refractivity contribution < 1.29 is 0 Å². The lowest BCUT2D eigenvalue weighted by Crippen LogP contribution is -1.77. The quantitative estimate of drug-likeness (QED) is 0.195. The Hall–Kier alpha value is -4.22. The van der Waals surface area contributed by atoms with Gasteiger partial charge in [-0.15, -0.1) is 34.0 Å². The fraction of sp³-hybridized carbons (Fsp3) is 0. The topological polar surface area (TPSA) is 0 Å². The minimum Gasteiger partial charge on any atom is -0.135 e. The van der Waals surface area contributed by atoms with E-state index in [9.17, 15) is 0 Å². The van der Waals surface area contributed by atoms with Crippen molar-refractivity contribution in [2.24, 2.45) is 0 Å². The van der Waals surface area contributed by atoms with E-state index >= 15 is 0 Å². The lowest BCUT2D eigenvalue weighted by molar-refractivity contribution is 1.60. The largest absolute Gasteiger partial charge is 0.135 e. The molecule has 0 radical (unpaired) electrons. The SMILES string of the molecule is C(#Cc1cccs1)c1ccc(C#Cc2ccc(C#Cc3ccc(C#Cc4cccs4)cc3)s2)cc1. The predicted octanol–water partition coefficient (Wildman–Crippen LogP) is 7.47. The summed E-state index contributed by atoms with van der Waals surface area (Å²) in [5.41, 5.74) is 3.91. The lowest BCUT2D eigenvalue weighted by atomic mass is 10.1. The van der Waals surface area contributed by atoms with Gasteiger partial charge in [-0.25, -0.2) is 0 Å². The Morgan fingerprint density at radius 1 is 0.343 bits per heavy atom. The van der Waals surface area contributed by atoms with Crippen LogP contribution < -0.4 is 0 Å². The smallest absolute Gasteiger partial charge is 0.0785 e.